The van der Waals surface area contributed by atoms with Gasteiger partial charge in [0.05, 0.1) is 17.4 Å². The summed E-state index contributed by atoms with van der Waals surface area (Å²) in [7, 11) is 0. The Morgan fingerprint density at radius 2 is 1.21 bits per heavy atom. The summed E-state index contributed by atoms with van der Waals surface area (Å²) in [6.45, 7) is 8.90. The molecule has 1 unspecified atom stereocenters. The fourth-order valence-corrected chi connectivity index (χ4v) is 3.95. The second kappa shape index (κ2) is 10.4. The molecule has 0 saturated heterocycles. The topological polar surface area (TPSA) is 15.3 Å². The van der Waals surface area contributed by atoms with E-state index in [1.54, 1.807) is 0 Å². The molecule has 0 saturated carbocycles. The first-order valence-electron chi connectivity index (χ1n) is 11.9. The zero-order valence-electron chi connectivity index (χ0n) is 20.1. The van der Waals surface area contributed by atoms with E-state index in [0.29, 0.717) is 11.8 Å². The maximum atomic E-state index is 3.57. The number of para-hydroxylation sites is 1. The van der Waals surface area contributed by atoms with Crippen molar-refractivity contribution >= 4 is 17.8 Å². The number of nitrogens with zero attached hydrogens (tertiary/aromatic N) is 1. The highest BCUT2D eigenvalue weighted by molar-refractivity contribution is 5.60. The molecule has 168 valence electrons. The van der Waals surface area contributed by atoms with Crippen LogP contribution in [0.5, 0.6) is 0 Å². The van der Waals surface area contributed by atoms with Crippen molar-refractivity contribution in [1.29, 1.82) is 0 Å². The number of hydrazine groups is 1. The molecule has 1 N–H and O–H groups in total. The molecule has 1 aliphatic rings. The first-order chi connectivity index (χ1) is 16.0. The summed E-state index contributed by atoms with van der Waals surface area (Å²) in [6, 6.07) is 28.3. The van der Waals surface area contributed by atoms with Crippen LogP contribution in [-0.4, -0.2) is 6.04 Å². The van der Waals surface area contributed by atoms with Gasteiger partial charge >= 0.3 is 0 Å². The molecule has 1 atom stereocenters. The van der Waals surface area contributed by atoms with E-state index in [-0.39, 0.29) is 6.04 Å². The van der Waals surface area contributed by atoms with Crippen LogP contribution in [0.1, 0.15) is 61.8 Å². The fraction of sp³-hybridized carbons (Fsp3) is 0.226. The molecule has 1 aliphatic heterocycles. The third kappa shape index (κ3) is 5.84. The third-order valence-corrected chi connectivity index (χ3v) is 6.08. The Labute approximate surface area is 198 Å². The smallest absolute Gasteiger partial charge is 0.0892 e. The molecule has 0 fully saturated rings. The molecule has 2 heteroatoms. The molecule has 0 spiro atoms. The summed E-state index contributed by atoms with van der Waals surface area (Å²) >= 11 is 0. The first kappa shape index (κ1) is 22.7. The van der Waals surface area contributed by atoms with Crippen molar-refractivity contribution in [1.82, 2.24) is 5.43 Å². The second-order valence-electron chi connectivity index (χ2n) is 9.27. The van der Waals surface area contributed by atoms with Crippen LogP contribution in [0.25, 0.3) is 12.2 Å². The lowest BCUT2D eigenvalue weighted by Gasteiger charge is -2.25. The van der Waals surface area contributed by atoms with Crippen molar-refractivity contribution in [3.8, 4) is 0 Å². The van der Waals surface area contributed by atoms with Gasteiger partial charge in [-0.1, -0.05) is 113 Å². The first-order valence-corrected chi connectivity index (χ1v) is 11.9. The van der Waals surface area contributed by atoms with Crippen LogP contribution in [0.4, 0.5) is 5.69 Å². The summed E-state index contributed by atoms with van der Waals surface area (Å²) in [5, 5.41) is 2.21. The highest BCUT2D eigenvalue weighted by atomic mass is 15.5. The van der Waals surface area contributed by atoms with Gasteiger partial charge in [0.15, 0.2) is 0 Å². The molecule has 0 bridgehead atoms. The van der Waals surface area contributed by atoms with Crippen LogP contribution < -0.4 is 10.4 Å². The molecule has 1 heterocycles. The molecule has 0 amide bonds. The van der Waals surface area contributed by atoms with Gasteiger partial charge in [0, 0.05) is 0 Å². The van der Waals surface area contributed by atoms with Crippen LogP contribution in [0.3, 0.4) is 0 Å². The van der Waals surface area contributed by atoms with Crippen LogP contribution in [0.2, 0.25) is 0 Å². The predicted molar refractivity (Wildman–Crippen MR) is 143 cm³/mol. The Hall–Kier alpha value is -3.52. The Morgan fingerprint density at radius 3 is 1.76 bits per heavy atom. The summed E-state index contributed by atoms with van der Waals surface area (Å²) in [5.74, 6) is 1.10. The van der Waals surface area contributed by atoms with E-state index < -0.39 is 0 Å². The maximum Gasteiger partial charge on any atom is 0.0892 e. The van der Waals surface area contributed by atoms with E-state index in [9.17, 15) is 0 Å². The van der Waals surface area contributed by atoms with Crippen molar-refractivity contribution in [2.24, 2.45) is 0 Å². The van der Waals surface area contributed by atoms with E-state index in [4.69, 9.17) is 0 Å². The van der Waals surface area contributed by atoms with Crippen LogP contribution in [-0.2, 0) is 0 Å². The Balaban J connectivity index is 1.53. The number of anilines is 1. The predicted octanol–water partition coefficient (Wildman–Crippen LogP) is 7.94. The standard InChI is InChI=1S/C31H34N2/c1-23(2)27-16-10-25(11-17-27)14-20-29-22-31(33(32-29)30-8-6-5-7-9-30)21-15-26-12-18-28(19-13-26)24(3)4/h5-24,31-32H,1-4H3. The Kier molecular flexibility index (Phi) is 7.14. The van der Waals surface area contributed by atoms with Gasteiger partial charge in [0.25, 0.3) is 0 Å². The van der Waals surface area contributed by atoms with Crippen molar-refractivity contribution in [2.75, 3.05) is 5.01 Å². The molecule has 2 nitrogen and oxygen atoms in total. The van der Waals surface area contributed by atoms with E-state index in [1.165, 1.54) is 22.3 Å². The molecule has 33 heavy (non-hydrogen) atoms. The number of allylic oxidation sites excluding steroid dienone is 1. The van der Waals surface area contributed by atoms with E-state index >= 15 is 0 Å². The molecule has 4 rings (SSSR count). The van der Waals surface area contributed by atoms with Crippen molar-refractivity contribution in [3.05, 3.63) is 125 Å². The SMILES string of the molecule is CC(C)c1ccc(C=CC2=CC(C=Cc3ccc(C(C)C)cc3)N(c3ccccc3)N2)cc1. The van der Waals surface area contributed by atoms with Crippen molar-refractivity contribution in [2.45, 2.75) is 45.6 Å². The molecule has 3 aromatic carbocycles. The van der Waals surface area contributed by atoms with Gasteiger partial charge in [-0.25, -0.2) is 0 Å². The lowest BCUT2D eigenvalue weighted by atomic mass is 10.0. The lowest BCUT2D eigenvalue weighted by molar-refractivity contribution is 0.758. The number of rotatable bonds is 7. The highest BCUT2D eigenvalue weighted by Gasteiger charge is 2.21. The van der Waals surface area contributed by atoms with Crippen LogP contribution in [0, 0.1) is 0 Å². The second-order valence-corrected chi connectivity index (χ2v) is 9.27. The lowest BCUT2D eigenvalue weighted by Crippen LogP contribution is -2.37. The maximum absolute atomic E-state index is 3.57. The minimum atomic E-state index is 0.125. The van der Waals surface area contributed by atoms with Gasteiger partial charge in [-0.3, -0.25) is 10.4 Å². The van der Waals surface area contributed by atoms with Gasteiger partial charge in [0.2, 0.25) is 0 Å². The molecule has 0 radical (unpaired) electrons. The molecule has 3 aromatic rings. The van der Waals surface area contributed by atoms with Gasteiger partial charge in [-0.15, -0.1) is 0 Å². The summed E-state index contributed by atoms with van der Waals surface area (Å²) in [5.41, 5.74) is 11.0. The number of nitrogens with one attached hydrogen (secondary N) is 1. The largest absolute Gasteiger partial charge is 0.298 e. The van der Waals surface area contributed by atoms with Gasteiger partial charge in [0.1, 0.15) is 0 Å². The van der Waals surface area contributed by atoms with E-state index in [2.05, 4.69) is 147 Å². The Bertz CT molecular complexity index is 1120. The highest BCUT2D eigenvalue weighted by Crippen LogP contribution is 2.24. The van der Waals surface area contributed by atoms with E-state index in [1.807, 2.05) is 0 Å². The fourth-order valence-electron chi connectivity index (χ4n) is 3.95. The van der Waals surface area contributed by atoms with Gasteiger partial charge in [-0.05, 0) is 58.4 Å². The third-order valence-electron chi connectivity index (χ3n) is 6.08. The average Bonchev–Trinajstić information content (AvgIpc) is 3.25. The van der Waals surface area contributed by atoms with Crippen molar-refractivity contribution < 1.29 is 0 Å². The quantitative estimate of drug-likeness (QED) is 0.406. The summed E-state index contributed by atoms with van der Waals surface area (Å²) in [4.78, 5) is 0. The molecule has 0 aromatic heterocycles. The normalized spacial score (nSPS) is 16.2. The van der Waals surface area contributed by atoms with E-state index in [0.717, 1.165) is 11.4 Å². The zero-order chi connectivity index (χ0) is 23.2. The monoisotopic (exact) mass is 434 g/mol. The Morgan fingerprint density at radius 1 is 0.667 bits per heavy atom. The number of hydrogen-bond donors (Lipinski definition) is 1. The average molecular weight is 435 g/mol. The summed E-state index contributed by atoms with van der Waals surface area (Å²) < 4.78 is 0. The molecule has 0 aliphatic carbocycles. The van der Waals surface area contributed by atoms with Gasteiger partial charge in [-0.2, -0.15) is 0 Å². The van der Waals surface area contributed by atoms with Crippen molar-refractivity contribution in [3.63, 3.8) is 0 Å². The number of benzene rings is 3. The van der Waals surface area contributed by atoms with Gasteiger partial charge < -0.3 is 0 Å². The van der Waals surface area contributed by atoms with Crippen LogP contribution >= 0.6 is 0 Å². The minimum Gasteiger partial charge on any atom is -0.298 e. The number of hydrogen-bond acceptors (Lipinski definition) is 2. The zero-order valence-corrected chi connectivity index (χ0v) is 20.1. The molecular formula is C31H34N2. The molecular weight excluding hydrogens is 400 g/mol. The van der Waals surface area contributed by atoms with Crippen LogP contribution in [0.15, 0.2) is 103 Å². The summed E-state index contributed by atoms with van der Waals surface area (Å²) in [6.07, 6.45) is 11.1. The minimum absolute atomic E-state index is 0.125.